The first-order chi connectivity index (χ1) is 14.1. The van der Waals surface area contributed by atoms with Crippen LogP contribution in [0.3, 0.4) is 0 Å². The quantitative estimate of drug-likeness (QED) is 0.783. The highest BCUT2D eigenvalue weighted by molar-refractivity contribution is 5.91. The third-order valence-electron chi connectivity index (χ3n) is 5.94. The first kappa shape index (κ1) is 19.6. The Hall–Kier alpha value is -2.67. The SMILES string of the molecule is O=C(CN1[C@@H]2CCC[C@H]1CC(NC(=O)c1ccco1)C2)NCc1ccc(F)cc1. The van der Waals surface area contributed by atoms with Gasteiger partial charge in [-0.1, -0.05) is 18.6 Å². The van der Waals surface area contributed by atoms with E-state index in [-0.39, 0.29) is 23.7 Å². The molecular weight excluding hydrogens is 373 g/mol. The summed E-state index contributed by atoms with van der Waals surface area (Å²) >= 11 is 0. The molecule has 0 aliphatic carbocycles. The Morgan fingerprint density at radius 2 is 1.83 bits per heavy atom. The second kappa shape index (κ2) is 8.78. The second-order valence-electron chi connectivity index (χ2n) is 7.93. The number of amides is 2. The lowest BCUT2D eigenvalue weighted by Crippen LogP contribution is -2.58. The van der Waals surface area contributed by atoms with E-state index in [9.17, 15) is 14.0 Å². The van der Waals surface area contributed by atoms with Crippen molar-refractivity contribution in [3.8, 4) is 0 Å². The number of nitrogens with one attached hydrogen (secondary N) is 2. The van der Waals surface area contributed by atoms with Gasteiger partial charge in [-0.2, -0.15) is 0 Å². The number of rotatable bonds is 6. The van der Waals surface area contributed by atoms with Gasteiger partial charge >= 0.3 is 0 Å². The number of carbonyl (C=O) groups is 2. The van der Waals surface area contributed by atoms with Gasteiger partial charge in [-0.05, 0) is 55.5 Å². The summed E-state index contributed by atoms with van der Waals surface area (Å²) in [6.07, 6.45) is 6.41. The third kappa shape index (κ3) is 4.85. The molecule has 2 bridgehead atoms. The van der Waals surface area contributed by atoms with E-state index in [0.29, 0.717) is 30.9 Å². The van der Waals surface area contributed by atoms with Crippen LogP contribution in [-0.4, -0.2) is 41.4 Å². The molecule has 2 aliphatic rings. The molecule has 154 valence electrons. The van der Waals surface area contributed by atoms with Gasteiger partial charge in [-0.15, -0.1) is 0 Å². The molecule has 3 heterocycles. The molecule has 2 saturated heterocycles. The molecule has 4 rings (SSSR count). The Balaban J connectivity index is 1.30. The largest absolute Gasteiger partial charge is 0.459 e. The maximum absolute atomic E-state index is 13.0. The summed E-state index contributed by atoms with van der Waals surface area (Å²) < 4.78 is 18.2. The normalized spacial score (nSPS) is 24.1. The minimum Gasteiger partial charge on any atom is -0.459 e. The number of hydrogen-bond donors (Lipinski definition) is 2. The predicted molar refractivity (Wildman–Crippen MR) is 106 cm³/mol. The number of hydrogen-bond acceptors (Lipinski definition) is 4. The van der Waals surface area contributed by atoms with Crippen molar-refractivity contribution in [2.75, 3.05) is 6.54 Å². The van der Waals surface area contributed by atoms with Gasteiger partial charge in [-0.3, -0.25) is 14.5 Å². The molecule has 2 N–H and O–H groups in total. The highest BCUT2D eigenvalue weighted by atomic mass is 19.1. The first-order valence-corrected chi connectivity index (χ1v) is 10.2. The van der Waals surface area contributed by atoms with Crippen molar-refractivity contribution < 1.29 is 18.4 Å². The molecule has 0 radical (unpaired) electrons. The Labute approximate surface area is 169 Å². The maximum atomic E-state index is 13.0. The average molecular weight is 399 g/mol. The standard InChI is InChI=1S/C22H26FN3O3/c23-16-8-6-15(7-9-16)13-24-21(27)14-26-18-3-1-4-19(26)12-17(11-18)25-22(28)20-5-2-10-29-20/h2,5-10,17-19H,1,3-4,11-14H2,(H,24,27)(H,25,28)/t17?,18-,19+. The van der Waals surface area contributed by atoms with Crippen LogP contribution in [0.5, 0.6) is 0 Å². The number of carbonyl (C=O) groups excluding carboxylic acids is 2. The fraction of sp³-hybridized carbons (Fsp3) is 0.455. The Morgan fingerprint density at radius 3 is 2.48 bits per heavy atom. The van der Waals surface area contributed by atoms with Crippen LogP contribution in [0.15, 0.2) is 47.1 Å². The van der Waals surface area contributed by atoms with E-state index in [2.05, 4.69) is 15.5 Å². The van der Waals surface area contributed by atoms with Gasteiger partial charge in [0.25, 0.3) is 5.91 Å². The number of piperidine rings is 2. The number of fused-ring (bicyclic) bond motifs is 2. The average Bonchev–Trinajstić information content (AvgIpc) is 3.23. The summed E-state index contributed by atoms with van der Waals surface area (Å²) in [6.45, 7) is 0.749. The highest BCUT2D eigenvalue weighted by Crippen LogP contribution is 2.34. The zero-order chi connectivity index (χ0) is 20.2. The predicted octanol–water partition coefficient (Wildman–Crippen LogP) is 2.85. The van der Waals surface area contributed by atoms with Crippen molar-refractivity contribution in [2.45, 2.75) is 56.8 Å². The molecule has 1 aromatic heterocycles. The molecule has 1 unspecified atom stereocenters. The fourth-order valence-electron chi connectivity index (χ4n) is 4.54. The molecule has 3 atom stereocenters. The molecule has 29 heavy (non-hydrogen) atoms. The zero-order valence-corrected chi connectivity index (χ0v) is 16.3. The minimum atomic E-state index is -0.282. The lowest BCUT2D eigenvalue weighted by Gasteiger charge is -2.48. The van der Waals surface area contributed by atoms with E-state index in [1.165, 1.54) is 18.4 Å². The number of halogens is 1. The molecule has 2 amide bonds. The van der Waals surface area contributed by atoms with Crippen LogP contribution in [0.4, 0.5) is 4.39 Å². The molecule has 2 aliphatic heterocycles. The summed E-state index contributed by atoms with van der Waals surface area (Å²) in [6, 6.07) is 10.2. The van der Waals surface area contributed by atoms with Crippen molar-refractivity contribution >= 4 is 11.8 Å². The Bertz CT molecular complexity index is 823. The molecule has 1 aromatic carbocycles. The molecule has 7 heteroatoms. The molecule has 6 nitrogen and oxygen atoms in total. The van der Waals surface area contributed by atoms with Crippen molar-refractivity contribution in [2.24, 2.45) is 0 Å². The van der Waals surface area contributed by atoms with E-state index in [1.54, 1.807) is 24.3 Å². The lowest BCUT2D eigenvalue weighted by atomic mass is 9.81. The Morgan fingerprint density at radius 1 is 1.10 bits per heavy atom. The van der Waals surface area contributed by atoms with Gasteiger partial charge in [-0.25, -0.2) is 4.39 Å². The maximum Gasteiger partial charge on any atom is 0.287 e. The molecule has 2 aromatic rings. The third-order valence-corrected chi connectivity index (χ3v) is 5.94. The van der Waals surface area contributed by atoms with Gasteiger partial charge in [0, 0.05) is 24.7 Å². The zero-order valence-electron chi connectivity index (χ0n) is 16.3. The summed E-state index contributed by atoms with van der Waals surface area (Å²) in [4.78, 5) is 27.1. The van der Waals surface area contributed by atoms with Gasteiger partial charge in [0.15, 0.2) is 5.76 Å². The molecule has 0 spiro atoms. The van der Waals surface area contributed by atoms with Crippen molar-refractivity contribution in [1.82, 2.24) is 15.5 Å². The summed E-state index contributed by atoms with van der Waals surface area (Å²) in [7, 11) is 0. The number of nitrogens with zero attached hydrogens (tertiary/aromatic N) is 1. The van der Waals surface area contributed by atoms with E-state index in [0.717, 1.165) is 37.7 Å². The monoisotopic (exact) mass is 399 g/mol. The van der Waals surface area contributed by atoms with E-state index < -0.39 is 0 Å². The fourth-order valence-corrected chi connectivity index (χ4v) is 4.54. The second-order valence-corrected chi connectivity index (χ2v) is 7.93. The number of benzene rings is 1. The summed E-state index contributed by atoms with van der Waals surface area (Å²) in [5, 5.41) is 6.02. The summed E-state index contributed by atoms with van der Waals surface area (Å²) in [5.74, 6) is -0.152. The van der Waals surface area contributed by atoms with Crippen LogP contribution in [0, 0.1) is 5.82 Å². The van der Waals surface area contributed by atoms with E-state index in [1.807, 2.05) is 0 Å². The van der Waals surface area contributed by atoms with Gasteiger partial charge < -0.3 is 15.1 Å². The van der Waals surface area contributed by atoms with Crippen LogP contribution in [0.25, 0.3) is 0 Å². The first-order valence-electron chi connectivity index (χ1n) is 10.2. The smallest absolute Gasteiger partial charge is 0.287 e. The van der Waals surface area contributed by atoms with E-state index >= 15 is 0 Å². The van der Waals surface area contributed by atoms with Crippen molar-refractivity contribution in [3.63, 3.8) is 0 Å². The van der Waals surface area contributed by atoms with Crippen LogP contribution >= 0.6 is 0 Å². The van der Waals surface area contributed by atoms with Crippen molar-refractivity contribution in [1.29, 1.82) is 0 Å². The molecular formula is C22H26FN3O3. The molecule has 0 saturated carbocycles. The summed E-state index contributed by atoms with van der Waals surface area (Å²) in [5.41, 5.74) is 0.874. The van der Waals surface area contributed by atoms with Gasteiger partial charge in [0.1, 0.15) is 5.82 Å². The minimum absolute atomic E-state index is 0.0238. The van der Waals surface area contributed by atoms with Crippen LogP contribution in [-0.2, 0) is 11.3 Å². The lowest BCUT2D eigenvalue weighted by molar-refractivity contribution is -0.125. The topological polar surface area (TPSA) is 74.6 Å². The van der Waals surface area contributed by atoms with Crippen LogP contribution < -0.4 is 10.6 Å². The van der Waals surface area contributed by atoms with Crippen molar-refractivity contribution in [3.05, 3.63) is 59.8 Å². The Kier molecular flexibility index (Phi) is 5.94. The van der Waals surface area contributed by atoms with E-state index in [4.69, 9.17) is 4.42 Å². The van der Waals surface area contributed by atoms with Gasteiger partial charge in [0.2, 0.25) is 5.91 Å². The number of furan rings is 1. The van der Waals surface area contributed by atoms with Crippen LogP contribution in [0.2, 0.25) is 0 Å². The highest BCUT2D eigenvalue weighted by Gasteiger charge is 2.39. The van der Waals surface area contributed by atoms with Gasteiger partial charge in [0.05, 0.1) is 12.8 Å². The molecule has 2 fully saturated rings. The van der Waals surface area contributed by atoms with Crippen LogP contribution in [0.1, 0.15) is 48.2 Å².